The van der Waals surface area contributed by atoms with Crippen molar-refractivity contribution < 1.29 is 17.7 Å². The standard InChI is InChI=1S/C17H13F3N6O/c18-17(19,20)16-23-15(25-27-16)12-3-1-11(2-4-12)9-26-10-21-7-6-14(26)13-5-8-22-24-13/h1-8,10,14H,9H2,(H,22,24). The lowest BCUT2D eigenvalue weighted by molar-refractivity contribution is -0.159. The van der Waals surface area contributed by atoms with Gasteiger partial charge in [-0.25, -0.2) is 4.99 Å². The summed E-state index contributed by atoms with van der Waals surface area (Å²) < 4.78 is 42.0. The number of hydrogen-bond acceptors (Lipinski definition) is 6. The number of aliphatic imine (C=N–C) groups is 1. The molecule has 0 radical (unpaired) electrons. The first-order chi connectivity index (χ1) is 13.0. The number of nitrogens with zero attached hydrogens (tertiary/aromatic N) is 5. The van der Waals surface area contributed by atoms with Gasteiger partial charge >= 0.3 is 12.1 Å². The van der Waals surface area contributed by atoms with E-state index in [9.17, 15) is 13.2 Å². The summed E-state index contributed by atoms with van der Waals surface area (Å²) in [5.74, 6) is -1.47. The maximum atomic E-state index is 12.6. The van der Waals surface area contributed by atoms with Crippen LogP contribution in [0, 0.1) is 0 Å². The van der Waals surface area contributed by atoms with Crippen molar-refractivity contribution in [2.75, 3.05) is 0 Å². The fraction of sp³-hybridized carbons (Fsp3) is 0.176. The lowest BCUT2D eigenvalue weighted by Gasteiger charge is -2.28. The number of alkyl halides is 3. The number of rotatable bonds is 4. The molecule has 0 aliphatic carbocycles. The fourth-order valence-electron chi connectivity index (χ4n) is 2.72. The smallest absolute Gasteiger partial charge is 0.346 e. The molecule has 0 fully saturated rings. The molecule has 4 rings (SSSR count). The van der Waals surface area contributed by atoms with E-state index < -0.39 is 12.1 Å². The van der Waals surface area contributed by atoms with E-state index in [-0.39, 0.29) is 11.9 Å². The van der Waals surface area contributed by atoms with Crippen molar-refractivity contribution in [1.82, 2.24) is 25.2 Å². The molecule has 0 amide bonds. The number of nitrogens with one attached hydrogen (secondary N) is 1. The Morgan fingerprint density at radius 2 is 1.96 bits per heavy atom. The first-order valence-corrected chi connectivity index (χ1v) is 7.96. The minimum atomic E-state index is -4.66. The third kappa shape index (κ3) is 3.59. The Kier molecular flexibility index (Phi) is 4.22. The molecule has 1 unspecified atom stereocenters. The number of benzene rings is 1. The molecule has 10 heteroatoms. The molecule has 2 aromatic heterocycles. The lowest BCUT2D eigenvalue weighted by atomic mass is 10.1. The Hall–Kier alpha value is -3.43. The second-order valence-electron chi connectivity index (χ2n) is 5.85. The minimum Gasteiger partial charge on any atom is -0.346 e. The van der Waals surface area contributed by atoms with Crippen LogP contribution in [0.5, 0.6) is 0 Å². The van der Waals surface area contributed by atoms with Gasteiger partial charge < -0.3 is 9.42 Å². The fourth-order valence-corrected chi connectivity index (χ4v) is 2.72. The highest BCUT2D eigenvalue weighted by Gasteiger charge is 2.38. The summed E-state index contributed by atoms with van der Waals surface area (Å²) in [6.07, 6.45) is 2.42. The van der Waals surface area contributed by atoms with Crippen LogP contribution in [0.4, 0.5) is 13.2 Å². The predicted molar refractivity (Wildman–Crippen MR) is 89.2 cm³/mol. The highest BCUT2D eigenvalue weighted by Crippen LogP contribution is 2.29. The third-order valence-corrected chi connectivity index (χ3v) is 4.01. The van der Waals surface area contributed by atoms with Crippen LogP contribution < -0.4 is 0 Å². The van der Waals surface area contributed by atoms with Crippen molar-refractivity contribution in [3.8, 4) is 11.4 Å². The second kappa shape index (κ2) is 6.71. The molecule has 0 saturated heterocycles. The number of aromatic nitrogens is 4. The largest absolute Gasteiger partial charge is 0.471 e. The summed E-state index contributed by atoms with van der Waals surface area (Å²) in [6.45, 7) is 0.553. The summed E-state index contributed by atoms with van der Waals surface area (Å²) in [4.78, 5) is 9.55. The van der Waals surface area contributed by atoms with E-state index in [2.05, 4.69) is 29.9 Å². The summed E-state index contributed by atoms with van der Waals surface area (Å²) in [5.41, 5.74) is 2.32. The molecule has 0 saturated carbocycles. The maximum Gasteiger partial charge on any atom is 0.471 e. The first kappa shape index (κ1) is 17.0. The topological polar surface area (TPSA) is 83.2 Å². The van der Waals surface area contributed by atoms with Gasteiger partial charge in [-0.3, -0.25) is 5.10 Å². The van der Waals surface area contributed by atoms with Crippen molar-refractivity contribution in [3.63, 3.8) is 0 Å². The van der Waals surface area contributed by atoms with E-state index in [0.29, 0.717) is 12.1 Å². The van der Waals surface area contributed by atoms with Crippen molar-refractivity contribution in [1.29, 1.82) is 0 Å². The molecule has 0 spiro atoms. The molecular formula is C17H13F3N6O. The zero-order valence-electron chi connectivity index (χ0n) is 13.8. The van der Waals surface area contributed by atoms with Crippen LogP contribution in [-0.2, 0) is 12.7 Å². The monoisotopic (exact) mass is 374 g/mol. The highest BCUT2D eigenvalue weighted by molar-refractivity contribution is 5.60. The van der Waals surface area contributed by atoms with E-state index >= 15 is 0 Å². The van der Waals surface area contributed by atoms with E-state index in [1.807, 2.05) is 17.0 Å². The zero-order valence-corrected chi connectivity index (χ0v) is 13.8. The van der Waals surface area contributed by atoms with Gasteiger partial charge in [0.2, 0.25) is 5.82 Å². The van der Waals surface area contributed by atoms with Gasteiger partial charge in [0.05, 0.1) is 18.1 Å². The molecule has 1 aromatic carbocycles. The summed E-state index contributed by atoms with van der Waals surface area (Å²) >= 11 is 0. The SMILES string of the molecule is FC(F)(F)c1nc(-c2ccc(CN3C=NC=CC3c3ccn[nH]3)cc2)no1. The number of hydrogen-bond donors (Lipinski definition) is 1. The van der Waals surface area contributed by atoms with Crippen LogP contribution in [-0.4, -0.2) is 31.6 Å². The molecule has 27 heavy (non-hydrogen) atoms. The number of aromatic amines is 1. The lowest BCUT2D eigenvalue weighted by Crippen LogP contribution is -2.27. The van der Waals surface area contributed by atoms with Gasteiger partial charge in [-0.15, -0.1) is 0 Å². The molecule has 1 aliphatic rings. The zero-order chi connectivity index (χ0) is 18.9. The molecular weight excluding hydrogens is 361 g/mol. The van der Waals surface area contributed by atoms with E-state index in [1.165, 1.54) is 0 Å². The van der Waals surface area contributed by atoms with Gasteiger partial charge in [-0.2, -0.15) is 23.3 Å². The molecule has 1 N–H and O–H groups in total. The van der Waals surface area contributed by atoms with Crippen molar-refractivity contribution in [2.24, 2.45) is 4.99 Å². The summed E-state index contributed by atoms with van der Waals surface area (Å²) in [5, 5.41) is 10.3. The predicted octanol–water partition coefficient (Wildman–Crippen LogP) is 3.58. The molecule has 1 atom stereocenters. The van der Waals surface area contributed by atoms with Gasteiger partial charge in [0, 0.05) is 24.5 Å². The number of halogens is 3. The van der Waals surface area contributed by atoms with Crippen LogP contribution in [0.25, 0.3) is 11.4 Å². The highest BCUT2D eigenvalue weighted by atomic mass is 19.4. The van der Waals surface area contributed by atoms with Crippen molar-refractivity contribution in [3.05, 3.63) is 66.0 Å². The normalized spacial score (nSPS) is 16.9. The van der Waals surface area contributed by atoms with Gasteiger partial charge in [-0.1, -0.05) is 29.4 Å². The van der Waals surface area contributed by atoms with E-state index in [4.69, 9.17) is 0 Å². The van der Waals surface area contributed by atoms with Crippen LogP contribution >= 0.6 is 0 Å². The van der Waals surface area contributed by atoms with Gasteiger partial charge in [-0.05, 0) is 17.7 Å². The Bertz CT molecular complexity index is 959. The molecule has 3 aromatic rings. The Balaban J connectivity index is 1.50. The molecule has 138 valence electrons. The maximum absolute atomic E-state index is 12.6. The summed E-state index contributed by atoms with van der Waals surface area (Å²) in [7, 11) is 0. The Labute approximate surface area is 151 Å². The number of H-pyrrole nitrogens is 1. The van der Waals surface area contributed by atoms with Crippen LogP contribution in [0.3, 0.4) is 0 Å². The van der Waals surface area contributed by atoms with Gasteiger partial charge in [0.25, 0.3) is 0 Å². The Morgan fingerprint density at radius 1 is 1.15 bits per heavy atom. The van der Waals surface area contributed by atoms with Crippen molar-refractivity contribution in [2.45, 2.75) is 18.8 Å². The minimum absolute atomic E-state index is 0.0313. The summed E-state index contributed by atoms with van der Waals surface area (Å²) in [6, 6.07) is 8.77. The first-order valence-electron chi connectivity index (χ1n) is 7.96. The second-order valence-corrected chi connectivity index (χ2v) is 5.85. The van der Waals surface area contributed by atoms with Crippen LogP contribution in [0.15, 0.2) is 58.3 Å². The average Bonchev–Trinajstić information content (AvgIpc) is 3.35. The molecule has 3 heterocycles. The van der Waals surface area contributed by atoms with Gasteiger partial charge in [0.15, 0.2) is 0 Å². The van der Waals surface area contributed by atoms with Crippen LogP contribution in [0.1, 0.15) is 23.2 Å². The van der Waals surface area contributed by atoms with Crippen molar-refractivity contribution >= 4 is 6.34 Å². The van der Waals surface area contributed by atoms with E-state index in [0.717, 1.165) is 11.3 Å². The average molecular weight is 374 g/mol. The van der Waals surface area contributed by atoms with E-state index in [1.54, 1.807) is 43.0 Å². The molecule has 1 aliphatic heterocycles. The molecule has 0 bridgehead atoms. The molecule has 7 nitrogen and oxygen atoms in total. The van der Waals surface area contributed by atoms with Gasteiger partial charge in [0.1, 0.15) is 0 Å². The third-order valence-electron chi connectivity index (χ3n) is 4.01. The quantitative estimate of drug-likeness (QED) is 0.755. The Morgan fingerprint density at radius 3 is 2.63 bits per heavy atom. The van der Waals surface area contributed by atoms with Crippen LogP contribution in [0.2, 0.25) is 0 Å².